The first-order valence-electron chi connectivity index (χ1n) is 5.20. The van der Waals surface area contributed by atoms with E-state index < -0.39 is 0 Å². The molecule has 2 aliphatic rings. The molecule has 0 aromatic heterocycles. The van der Waals surface area contributed by atoms with Crippen LogP contribution in [-0.4, -0.2) is 30.1 Å². The van der Waals surface area contributed by atoms with E-state index in [1.807, 2.05) is 6.08 Å². The molecule has 0 spiro atoms. The molecule has 1 fully saturated rings. The van der Waals surface area contributed by atoms with E-state index in [9.17, 15) is 4.79 Å². The van der Waals surface area contributed by atoms with Crippen LogP contribution in [0.2, 0.25) is 0 Å². The average molecular weight is 192 g/mol. The van der Waals surface area contributed by atoms with Crippen molar-refractivity contribution in [3.8, 4) is 0 Å². The first-order valence-corrected chi connectivity index (χ1v) is 5.20. The number of fused-ring (bicyclic) bond motifs is 1. The van der Waals surface area contributed by atoms with Gasteiger partial charge in [-0.15, -0.1) is 0 Å². The van der Waals surface area contributed by atoms with Crippen molar-refractivity contribution in [2.75, 3.05) is 13.6 Å². The van der Waals surface area contributed by atoms with Gasteiger partial charge in [0.1, 0.15) is 5.71 Å². The summed E-state index contributed by atoms with van der Waals surface area (Å²) in [6, 6.07) is 0. The van der Waals surface area contributed by atoms with E-state index in [-0.39, 0.29) is 17.5 Å². The molecule has 1 aliphatic heterocycles. The summed E-state index contributed by atoms with van der Waals surface area (Å²) in [7, 11) is 1.79. The molecule has 14 heavy (non-hydrogen) atoms. The normalized spacial score (nSPS) is 32.8. The van der Waals surface area contributed by atoms with Gasteiger partial charge in [0.05, 0.1) is 0 Å². The number of hydrogen-bond donors (Lipinski definition) is 1. The fraction of sp³-hybridized carbons (Fsp3) is 0.636. The van der Waals surface area contributed by atoms with Gasteiger partial charge in [0.2, 0.25) is 0 Å². The molecule has 2 rings (SSSR count). The van der Waals surface area contributed by atoms with Gasteiger partial charge in [0.25, 0.3) is 5.91 Å². The van der Waals surface area contributed by atoms with Crippen molar-refractivity contribution < 1.29 is 4.79 Å². The lowest BCUT2D eigenvalue weighted by Crippen LogP contribution is -2.34. The molecule has 3 nitrogen and oxygen atoms in total. The van der Waals surface area contributed by atoms with Gasteiger partial charge in [-0.1, -0.05) is 12.2 Å². The fourth-order valence-electron chi connectivity index (χ4n) is 2.35. The highest BCUT2D eigenvalue weighted by Gasteiger charge is 2.33. The Morgan fingerprint density at radius 2 is 2.29 bits per heavy atom. The number of rotatable bonds is 0. The Kier molecular flexibility index (Phi) is 2.40. The third kappa shape index (κ3) is 1.47. The molecule has 1 aliphatic carbocycles. The van der Waals surface area contributed by atoms with Gasteiger partial charge in [-0.05, 0) is 25.2 Å². The second kappa shape index (κ2) is 3.56. The standard InChI is InChI=1S/C11H16N2O/c1-13-7-6-8-4-2-3-5-9(8)10(12)11(13)14/h3,5,8-9,12H,2,4,6-7H2,1H3/t8-,9?/m1/s1. The van der Waals surface area contributed by atoms with Crippen LogP contribution in [0.5, 0.6) is 0 Å². The van der Waals surface area contributed by atoms with Crippen LogP contribution in [-0.2, 0) is 4.79 Å². The number of likely N-dealkylation sites (tertiary alicyclic amines) is 1. The maximum absolute atomic E-state index is 11.7. The van der Waals surface area contributed by atoms with Crippen LogP contribution in [0, 0.1) is 17.2 Å². The Morgan fingerprint density at radius 3 is 3.07 bits per heavy atom. The zero-order valence-corrected chi connectivity index (χ0v) is 8.49. The third-order valence-electron chi connectivity index (χ3n) is 3.30. The second-order valence-corrected chi connectivity index (χ2v) is 4.22. The second-order valence-electron chi connectivity index (χ2n) is 4.22. The van der Waals surface area contributed by atoms with Crippen LogP contribution < -0.4 is 0 Å². The van der Waals surface area contributed by atoms with Crippen molar-refractivity contribution in [2.24, 2.45) is 11.8 Å². The lowest BCUT2D eigenvalue weighted by atomic mass is 9.80. The molecule has 1 heterocycles. The van der Waals surface area contributed by atoms with Gasteiger partial charge >= 0.3 is 0 Å². The van der Waals surface area contributed by atoms with E-state index in [1.54, 1.807) is 11.9 Å². The lowest BCUT2D eigenvalue weighted by molar-refractivity contribution is -0.122. The minimum absolute atomic E-state index is 0.0844. The highest BCUT2D eigenvalue weighted by atomic mass is 16.2. The van der Waals surface area contributed by atoms with Crippen LogP contribution in [0.4, 0.5) is 0 Å². The Balaban J connectivity index is 2.26. The Hall–Kier alpha value is -1.12. The molecular formula is C11H16N2O. The van der Waals surface area contributed by atoms with Crippen LogP contribution in [0.25, 0.3) is 0 Å². The fourth-order valence-corrected chi connectivity index (χ4v) is 2.35. The van der Waals surface area contributed by atoms with E-state index in [2.05, 4.69) is 6.08 Å². The van der Waals surface area contributed by atoms with E-state index in [1.165, 1.54) is 0 Å². The van der Waals surface area contributed by atoms with Crippen molar-refractivity contribution in [3.63, 3.8) is 0 Å². The van der Waals surface area contributed by atoms with E-state index >= 15 is 0 Å². The van der Waals surface area contributed by atoms with Gasteiger partial charge in [-0.3, -0.25) is 10.2 Å². The van der Waals surface area contributed by atoms with Gasteiger partial charge in [-0.2, -0.15) is 0 Å². The molecule has 1 N–H and O–H groups in total. The zero-order valence-electron chi connectivity index (χ0n) is 8.49. The Bertz CT molecular complexity index is 296. The summed E-state index contributed by atoms with van der Waals surface area (Å²) in [4.78, 5) is 13.3. The van der Waals surface area contributed by atoms with Crippen molar-refractivity contribution in [3.05, 3.63) is 12.2 Å². The molecule has 1 amide bonds. The molecule has 0 saturated carbocycles. The molecule has 76 valence electrons. The highest BCUT2D eigenvalue weighted by Crippen LogP contribution is 2.31. The van der Waals surface area contributed by atoms with Crippen molar-refractivity contribution >= 4 is 11.6 Å². The van der Waals surface area contributed by atoms with Crippen LogP contribution >= 0.6 is 0 Å². The van der Waals surface area contributed by atoms with Gasteiger partial charge < -0.3 is 4.90 Å². The molecule has 1 unspecified atom stereocenters. The van der Waals surface area contributed by atoms with Crippen LogP contribution in [0.3, 0.4) is 0 Å². The van der Waals surface area contributed by atoms with Crippen molar-refractivity contribution in [2.45, 2.75) is 19.3 Å². The molecule has 1 saturated heterocycles. The predicted octanol–water partition coefficient (Wildman–Crippen LogP) is 1.45. The highest BCUT2D eigenvalue weighted by molar-refractivity contribution is 6.38. The minimum atomic E-state index is -0.0935. The van der Waals surface area contributed by atoms with E-state index in [0.29, 0.717) is 5.92 Å². The molecule has 3 heteroatoms. The number of nitrogens with zero attached hydrogens (tertiary/aromatic N) is 1. The minimum Gasteiger partial charge on any atom is -0.341 e. The molecular weight excluding hydrogens is 176 g/mol. The quantitative estimate of drug-likeness (QED) is 0.580. The summed E-state index contributed by atoms with van der Waals surface area (Å²) in [5.41, 5.74) is 0.283. The smallest absolute Gasteiger partial charge is 0.267 e. The maximum Gasteiger partial charge on any atom is 0.267 e. The summed E-state index contributed by atoms with van der Waals surface area (Å²) < 4.78 is 0. The Morgan fingerprint density at radius 1 is 1.50 bits per heavy atom. The number of amides is 1. The predicted molar refractivity (Wildman–Crippen MR) is 55.3 cm³/mol. The van der Waals surface area contributed by atoms with Crippen molar-refractivity contribution in [1.82, 2.24) is 4.90 Å². The summed E-state index contributed by atoms with van der Waals surface area (Å²) in [6.07, 6.45) is 7.43. The number of carbonyl (C=O) groups is 1. The first-order chi connectivity index (χ1) is 6.70. The third-order valence-corrected chi connectivity index (χ3v) is 3.30. The lowest BCUT2D eigenvalue weighted by Gasteiger charge is -2.24. The molecule has 0 aromatic carbocycles. The van der Waals surface area contributed by atoms with E-state index in [0.717, 1.165) is 25.8 Å². The van der Waals surface area contributed by atoms with Crippen molar-refractivity contribution in [1.29, 1.82) is 5.41 Å². The van der Waals surface area contributed by atoms with Crippen LogP contribution in [0.1, 0.15) is 19.3 Å². The van der Waals surface area contributed by atoms with E-state index in [4.69, 9.17) is 5.41 Å². The molecule has 0 aromatic rings. The molecule has 0 radical (unpaired) electrons. The summed E-state index contributed by atoms with van der Waals surface area (Å²) in [5.74, 6) is 0.506. The number of hydrogen-bond acceptors (Lipinski definition) is 2. The average Bonchev–Trinajstić information content (AvgIpc) is 2.32. The first kappa shape index (κ1) is 9.44. The van der Waals surface area contributed by atoms with Gasteiger partial charge in [0.15, 0.2) is 0 Å². The zero-order chi connectivity index (χ0) is 10.1. The van der Waals surface area contributed by atoms with Crippen LogP contribution in [0.15, 0.2) is 12.2 Å². The van der Waals surface area contributed by atoms with Gasteiger partial charge in [0, 0.05) is 19.5 Å². The number of carbonyl (C=O) groups excluding carboxylic acids is 1. The Labute approximate surface area is 84.3 Å². The summed E-state index contributed by atoms with van der Waals surface area (Å²) in [6.45, 7) is 0.802. The SMILES string of the molecule is CN1CC[C@H]2CCC=CC2C(=N)C1=O. The monoisotopic (exact) mass is 192 g/mol. The maximum atomic E-state index is 11.7. The summed E-state index contributed by atoms with van der Waals surface area (Å²) >= 11 is 0. The molecule has 0 bridgehead atoms. The largest absolute Gasteiger partial charge is 0.341 e. The molecule has 2 atom stereocenters. The number of allylic oxidation sites excluding steroid dienone is 2. The van der Waals surface area contributed by atoms with Gasteiger partial charge in [-0.25, -0.2) is 0 Å². The number of nitrogens with one attached hydrogen (secondary N) is 1. The summed E-state index contributed by atoms with van der Waals surface area (Å²) in [5, 5.41) is 7.85. The topological polar surface area (TPSA) is 44.2 Å².